The van der Waals surface area contributed by atoms with E-state index in [9.17, 15) is 4.79 Å². The van der Waals surface area contributed by atoms with Crippen LogP contribution in [0.4, 0.5) is 0 Å². The lowest BCUT2D eigenvalue weighted by Gasteiger charge is -2.17. The minimum Gasteiger partial charge on any atom is -0.355 e. The smallest absolute Gasteiger partial charge is 0.216 e. The summed E-state index contributed by atoms with van der Waals surface area (Å²) < 4.78 is 0. The Bertz CT molecular complexity index is 513. The number of carbonyl (C=O) groups is 1. The Balaban J connectivity index is 2.12. The van der Waals surface area contributed by atoms with Crippen LogP contribution in [0, 0.1) is 0 Å². The summed E-state index contributed by atoms with van der Waals surface area (Å²) in [6.07, 6.45) is 0. The third-order valence-corrected chi connectivity index (χ3v) is 4.00. The van der Waals surface area contributed by atoms with Crippen LogP contribution in [-0.4, -0.2) is 12.5 Å². The van der Waals surface area contributed by atoms with Crippen LogP contribution in [-0.2, 0) is 4.79 Å². The molecule has 98 valence electrons. The second kappa shape index (κ2) is 7.00. The van der Waals surface area contributed by atoms with Gasteiger partial charge in [-0.3, -0.25) is 4.79 Å². The maximum atomic E-state index is 11.1. The molecule has 2 nitrogen and oxygen atoms in total. The molecule has 0 saturated carbocycles. The molecule has 2 aromatic carbocycles. The fraction of sp³-hybridized carbons (Fsp3) is 0.188. The summed E-state index contributed by atoms with van der Waals surface area (Å²) in [5.74, 6) is 0.00888. The zero-order chi connectivity index (χ0) is 13.5. The van der Waals surface area contributed by atoms with E-state index in [0.29, 0.717) is 6.54 Å². The van der Waals surface area contributed by atoms with Crippen molar-refractivity contribution in [1.82, 2.24) is 5.32 Å². The number of hydrogen-bond donors (Lipinski definition) is 1. The van der Waals surface area contributed by atoms with Crippen LogP contribution in [0.3, 0.4) is 0 Å². The summed E-state index contributed by atoms with van der Waals surface area (Å²) in [6, 6.07) is 20.5. The Morgan fingerprint density at radius 3 is 2.21 bits per heavy atom. The number of nitrogens with one attached hydrogen (secondary N) is 1. The maximum absolute atomic E-state index is 11.1. The molecule has 0 aliphatic heterocycles. The van der Waals surface area contributed by atoms with Gasteiger partial charge in [-0.05, 0) is 17.7 Å². The highest BCUT2D eigenvalue weighted by Crippen LogP contribution is 2.34. The fourth-order valence-electron chi connectivity index (χ4n) is 1.80. The topological polar surface area (TPSA) is 29.1 Å². The van der Waals surface area contributed by atoms with Crippen LogP contribution in [0.2, 0.25) is 0 Å². The second-order valence-corrected chi connectivity index (χ2v) is 5.54. The van der Waals surface area contributed by atoms with Gasteiger partial charge in [0.2, 0.25) is 5.91 Å². The quantitative estimate of drug-likeness (QED) is 0.841. The lowest BCUT2D eigenvalue weighted by atomic mass is 10.1. The van der Waals surface area contributed by atoms with Crippen LogP contribution in [0.5, 0.6) is 0 Å². The summed E-state index contributed by atoms with van der Waals surface area (Å²) in [5.41, 5.74) is 1.23. The molecule has 2 aromatic rings. The lowest BCUT2D eigenvalue weighted by Crippen LogP contribution is -2.24. The Kier molecular flexibility index (Phi) is 5.04. The first kappa shape index (κ1) is 13.7. The molecule has 1 atom stereocenters. The van der Waals surface area contributed by atoms with Crippen molar-refractivity contribution in [2.45, 2.75) is 17.1 Å². The Hall–Kier alpha value is -1.74. The van der Waals surface area contributed by atoms with Crippen molar-refractivity contribution < 1.29 is 4.79 Å². The van der Waals surface area contributed by atoms with Crippen LogP contribution in [0.25, 0.3) is 0 Å². The van der Waals surface area contributed by atoms with Gasteiger partial charge < -0.3 is 5.32 Å². The zero-order valence-corrected chi connectivity index (χ0v) is 11.7. The molecule has 2 rings (SSSR count). The Labute approximate surface area is 118 Å². The number of amides is 1. The zero-order valence-electron chi connectivity index (χ0n) is 10.9. The number of hydrogen-bond acceptors (Lipinski definition) is 2. The molecule has 19 heavy (non-hydrogen) atoms. The van der Waals surface area contributed by atoms with Gasteiger partial charge in [-0.15, -0.1) is 11.8 Å². The minimum atomic E-state index is 0.00888. The van der Waals surface area contributed by atoms with E-state index in [-0.39, 0.29) is 11.2 Å². The molecule has 0 bridgehead atoms. The standard InChI is InChI=1S/C16H17NOS/c1-13(18)17-12-16(14-8-4-2-5-9-14)19-15-10-6-3-7-11-15/h2-11,16H,12H2,1H3,(H,17,18). The molecule has 1 N–H and O–H groups in total. The molecular formula is C16H17NOS. The van der Waals surface area contributed by atoms with E-state index in [0.717, 1.165) is 0 Å². The first-order valence-corrected chi connectivity index (χ1v) is 7.15. The Morgan fingerprint density at radius 1 is 1.05 bits per heavy atom. The molecule has 0 spiro atoms. The van der Waals surface area contributed by atoms with Crippen molar-refractivity contribution in [3.8, 4) is 0 Å². The molecule has 0 aliphatic rings. The first-order valence-electron chi connectivity index (χ1n) is 6.27. The summed E-state index contributed by atoms with van der Waals surface area (Å²) in [5, 5.41) is 3.13. The largest absolute Gasteiger partial charge is 0.355 e. The maximum Gasteiger partial charge on any atom is 0.216 e. The molecule has 0 radical (unpaired) electrons. The van der Waals surface area contributed by atoms with Crippen LogP contribution >= 0.6 is 11.8 Å². The van der Waals surface area contributed by atoms with Crippen molar-refractivity contribution in [3.63, 3.8) is 0 Å². The number of benzene rings is 2. The van der Waals surface area contributed by atoms with Crippen molar-refractivity contribution in [3.05, 3.63) is 66.2 Å². The van der Waals surface area contributed by atoms with E-state index in [4.69, 9.17) is 0 Å². The van der Waals surface area contributed by atoms with Crippen molar-refractivity contribution in [2.24, 2.45) is 0 Å². The van der Waals surface area contributed by atoms with Gasteiger partial charge in [-0.2, -0.15) is 0 Å². The summed E-state index contributed by atoms with van der Waals surface area (Å²) in [4.78, 5) is 12.3. The number of rotatable bonds is 5. The van der Waals surface area contributed by atoms with Crippen molar-refractivity contribution in [1.29, 1.82) is 0 Å². The monoisotopic (exact) mass is 271 g/mol. The molecular weight excluding hydrogens is 254 g/mol. The SMILES string of the molecule is CC(=O)NCC(Sc1ccccc1)c1ccccc1. The Morgan fingerprint density at radius 2 is 1.63 bits per heavy atom. The minimum absolute atomic E-state index is 0.00888. The lowest BCUT2D eigenvalue weighted by molar-refractivity contribution is -0.118. The van der Waals surface area contributed by atoms with Gasteiger partial charge in [0.15, 0.2) is 0 Å². The van der Waals surface area contributed by atoms with Crippen LogP contribution in [0.15, 0.2) is 65.6 Å². The summed E-state index contributed by atoms with van der Waals surface area (Å²) in [7, 11) is 0. The number of thioether (sulfide) groups is 1. The van der Waals surface area contributed by atoms with E-state index in [2.05, 4.69) is 29.6 Å². The van der Waals surface area contributed by atoms with Gasteiger partial charge in [0.1, 0.15) is 0 Å². The van der Waals surface area contributed by atoms with E-state index in [1.807, 2.05) is 36.4 Å². The van der Waals surface area contributed by atoms with E-state index < -0.39 is 0 Å². The number of carbonyl (C=O) groups excluding carboxylic acids is 1. The van der Waals surface area contributed by atoms with E-state index in [1.165, 1.54) is 10.5 Å². The molecule has 1 amide bonds. The predicted molar refractivity (Wildman–Crippen MR) is 80.2 cm³/mol. The molecule has 0 heterocycles. The van der Waals surface area contributed by atoms with Gasteiger partial charge in [0.05, 0.1) is 5.25 Å². The molecule has 0 saturated heterocycles. The van der Waals surface area contributed by atoms with Gasteiger partial charge in [-0.25, -0.2) is 0 Å². The third-order valence-electron chi connectivity index (χ3n) is 2.73. The van der Waals surface area contributed by atoms with Gasteiger partial charge >= 0.3 is 0 Å². The van der Waals surface area contributed by atoms with Gasteiger partial charge in [-0.1, -0.05) is 48.5 Å². The highest BCUT2D eigenvalue weighted by atomic mass is 32.2. The van der Waals surface area contributed by atoms with Crippen LogP contribution < -0.4 is 5.32 Å². The highest BCUT2D eigenvalue weighted by molar-refractivity contribution is 7.99. The van der Waals surface area contributed by atoms with Gasteiger partial charge in [0, 0.05) is 18.4 Å². The second-order valence-electron chi connectivity index (χ2n) is 4.27. The molecule has 0 fully saturated rings. The predicted octanol–water partition coefficient (Wildman–Crippen LogP) is 3.66. The van der Waals surface area contributed by atoms with E-state index >= 15 is 0 Å². The average Bonchev–Trinajstić information content (AvgIpc) is 2.45. The van der Waals surface area contributed by atoms with Crippen molar-refractivity contribution >= 4 is 17.7 Å². The molecule has 0 aliphatic carbocycles. The first-order chi connectivity index (χ1) is 9.25. The molecule has 1 unspecified atom stereocenters. The molecule has 0 aromatic heterocycles. The average molecular weight is 271 g/mol. The van der Waals surface area contributed by atoms with Crippen LogP contribution in [0.1, 0.15) is 17.7 Å². The third kappa shape index (κ3) is 4.45. The molecule has 3 heteroatoms. The summed E-state index contributed by atoms with van der Waals surface area (Å²) >= 11 is 1.77. The fourth-order valence-corrected chi connectivity index (χ4v) is 2.90. The normalized spacial score (nSPS) is 11.8. The summed E-state index contributed by atoms with van der Waals surface area (Å²) in [6.45, 7) is 2.19. The van der Waals surface area contributed by atoms with Gasteiger partial charge in [0.25, 0.3) is 0 Å². The highest BCUT2D eigenvalue weighted by Gasteiger charge is 2.13. The van der Waals surface area contributed by atoms with E-state index in [1.54, 1.807) is 18.7 Å². The van der Waals surface area contributed by atoms with Crippen molar-refractivity contribution in [2.75, 3.05) is 6.54 Å².